The molecular weight excluding hydrogens is 242 g/mol. The molecule has 0 spiro atoms. The maximum Gasteiger partial charge on any atom is 0.225 e. The Morgan fingerprint density at radius 3 is 2.64 bits per heavy atom. The van der Waals surface area contributed by atoms with E-state index in [1.54, 1.807) is 0 Å². The van der Waals surface area contributed by atoms with E-state index in [0.29, 0.717) is 6.04 Å². The Balaban J connectivity index is 1.86. The van der Waals surface area contributed by atoms with Crippen molar-refractivity contribution in [3.8, 4) is 0 Å². The predicted octanol–water partition coefficient (Wildman–Crippen LogP) is 2.23. The Hall–Kier alpha value is -0.640. The molecule has 1 saturated heterocycles. The minimum atomic E-state index is 0.709. The summed E-state index contributed by atoms with van der Waals surface area (Å²) in [6.07, 6.45) is 7.73. The van der Waals surface area contributed by atoms with Crippen LogP contribution >= 0.6 is 15.9 Å². The van der Waals surface area contributed by atoms with Gasteiger partial charge in [0, 0.05) is 25.0 Å². The van der Waals surface area contributed by atoms with Crippen molar-refractivity contribution in [2.75, 3.05) is 11.4 Å². The van der Waals surface area contributed by atoms with E-state index in [1.807, 2.05) is 12.4 Å². The molecule has 2 unspecified atom stereocenters. The van der Waals surface area contributed by atoms with Crippen molar-refractivity contribution < 1.29 is 0 Å². The van der Waals surface area contributed by atoms with Gasteiger partial charge in [-0.15, -0.1) is 0 Å². The van der Waals surface area contributed by atoms with Crippen LogP contribution in [0.2, 0.25) is 0 Å². The molecule has 3 nitrogen and oxygen atoms in total. The summed E-state index contributed by atoms with van der Waals surface area (Å²) in [6.45, 7) is 1.16. The lowest BCUT2D eigenvalue weighted by molar-refractivity contribution is 0.546. The molecule has 0 radical (unpaired) electrons. The van der Waals surface area contributed by atoms with Crippen molar-refractivity contribution in [3.63, 3.8) is 0 Å². The van der Waals surface area contributed by atoms with Crippen LogP contribution in [0, 0.1) is 5.92 Å². The Bertz CT molecular complexity index is 338. The average molecular weight is 254 g/mol. The van der Waals surface area contributed by atoms with Crippen molar-refractivity contribution in [2.45, 2.75) is 25.3 Å². The van der Waals surface area contributed by atoms with Crippen molar-refractivity contribution in [3.05, 3.63) is 16.9 Å². The summed E-state index contributed by atoms with van der Waals surface area (Å²) in [6, 6.07) is 0.709. The second kappa shape index (κ2) is 3.19. The van der Waals surface area contributed by atoms with Gasteiger partial charge in [-0.2, -0.15) is 0 Å². The van der Waals surface area contributed by atoms with Crippen LogP contribution in [0.5, 0.6) is 0 Å². The monoisotopic (exact) mass is 253 g/mol. The smallest absolute Gasteiger partial charge is 0.225 e. The summed E-state index contributed by atoms with van der Waals surface area (Å²) in [5.41, 5.74) is 0. The molecule has 2 heterocycles. The third kappa shape index (κ3) is 1.32. The number of fused-ring (bicyclic) bond motifs is 2. The molecule has 3 rings (SSSR count). The zero-order chi connectivity index (χ0) is 9.54. The van der Waals surface area contributed by atoms with Crippen LogP contribution in [-0.2, 0) is 0 Å². The van der Waals surface area contributed by atoms with Crippen LogP contribution in [0.25, 0.3) is 0 Å². The first kappa shape index (κ1) is 8.65. The van der Waals surface area contributed by atoms with Crippen molar-refractivity contribution in [2.24, 2.45) is 5.92 Å². The summed E-state index contributed by atoms with van der Waals surface area (Å²) in [5, 5.41) is 0. The van der Waals surface area contributed by atoms with Crippen LogP contribution in [0.15, 0.2) is 16.9 Å². The Kier molecular flexibility index (Phi) is 1.97. The van der Waals surface area contributed by atoms with Gasteiger partial charge >= 0.3 is 0 Å². The molecule has 1 aromatic rings. The van der Waals surface area contributed by atoms with E-state index in [0.717, 1.165) is 22.9 Å². The highest BCUT2D eigenvalue weighted by Gasteiger charge is 2.38. The molecule has 0 amide bonds. The molecular formula is C10H12BrN3. The minimum Gasteiger partial charge on any atom is -0.338 e. The minimum absolute atomic E-state index is 0.709. The first-order chi connectivity index (χ1) is 6.83. The van der Waals surface area contributed by atoms with Gasteiger partial charge in [-0.05, 0) is 41.1 Å². The number of piperidine rings is 1. The Labute approximate surface area is 91.7 Å². The Morgan fingerprint density at radius 2 is 2.07 bits per heavy atom. The molecule has 74 valence electrons. The van der Waals surface area contributed by atoms with Crippen molar-refractivity contribution >= 4 is 21.9 Å². The molecule has 0 N–H and O–H groups in total. The van der Waals surface area contributed by atoms with E-state index in [9.17, 15) is 0 Å². The molecule has 1 aliphatic heterocycles. The van der Waals surface area contributed by atoms with E-state index < -0.39 is 0 Å². The first-order valence-corrected chi connectivity index (χ1v) is 5.86. The number of hydrogen-bond acceptors (Lipinski definition) is 3. The molecule has 4 heteroatoms. The van der Waals surface area contributed by atoms with Gasteiger partial charge in [0.25, 0.3) is 0 Å². The van der Waals surface area contributed by atoms with Gasteiger partial charge in [0.15, 0.2) is 0 Å². The number of halogens is 1. The van der Waals surface area contributed by atoms with E-state index in [4.69, 9.17) is 0 Å². The number of anilines is 1. The molecule has 2 fully saturated rings. The summed E-state index contributed by atoms with van der Waals surface area (Å²) >= 11 is 3.35. The number of nitrogens with zero attached hydrogens (tertiary/aromatic N) is 3. The summed E-state index contributed by atoms with van der Waals surface area (Å²) in [5.74, 6) is 1.80. The lowest BCUT2D eigenvalue weighted by atomic mass is 10.1. The molecule has 1 saturated carbocycles. The van der Waals surface area contributed by atoms with Gasteiger partial charge in [-0.1, -0.05) is 0 Å². The topological polar surface area (TPSA) is 29.0 Å². The van der Waals surface area contributed by atoms with Crippen LogP contribution in [0.1, 0.15) is 19.3 Å². The quantitative estimate of drug-likeness (QED) is 0.769. The summed E-state index contributed by atoms with van der Waals surface area (Å²) < 4.78 is 0.950. The van der Waals surface area contributed by atoms with E-state index in [-0.39, 0.29) is 0 Å². The van der Waals surface area contributed by atoms with E-state index in [1.165, 1.54) is 19.3 Å². The van der Waals surface area contributed by atoms with E-state index in [2.05, 4.69) is 30.8 Å². The predicted molar refractivity (Wildman–Crippen MR) is 58.2 cm³/mol. The van der Waals surface area contributed by atoms with Gasteiger partial charge in [-0.25, -0.2) is 9.97 Å². The first-order valence-electron chi connectivity index (χ1n) is 5.07. The van der Waals surface area contributed by atoms with Crippen LogP contribution in [-0.4, -0.2) is 22.6 Å². The van der Waals surface area contributed by atoms with Gasteiger partial charge in [0.2, 0.25) is 5.95 Å². The molecule has 2 atom stereocenters. The molecule has 1 aromatic heterocycles. The fourth-order valence-electron chi connectivity index (χ4n) is 2.62. The number of hydrogen-bond donors (Lipinski definition) is 0. The van der Waals surface area contributed by atoms with Gasteiger partial charge in [0.05, 0.1) is 4.47 Å². The molecule has 1 aliphatic carbocycles. The second-order valence-electron chi connectivity index (χ2n) is 4.19. The normalized spacial score (nSPS) is 29.9. The Morgan fingerprint density at radius 1 is 1.29 bits per heavy atom. The summed E-state index contributed by atoms with van der Waals surface area (Å²) in [7, 11) is 0. The maximum absolute atomic E-state index is 4.35. The lowest BCUT2D eigenvalue weighted by Gasteiger charge is -2.26. The van der Waals surface area contributed by atoms with Crippen LogP contribution < -0.4 is 4.90 Å². The standard InChI is InChI=1S/C10H12BrN3/c11-8-4-12-10(13-5-8)14-6-7-1-2-9(14)3-7/h4-5,7,9H,1-3,6H2. The highest BCUT2D eigenvalue weighted by molar-refractivity contribution is 9.10. The largest absolute Gasteiger partial charge is 0.338 e. The fourth-order valence-corrected chi connectivity index (χ4v) is 2.83. The van der Waals surface area contributed by atoms with Crippen LogP contribution in [0.4, 0.5) is 5.95 Å². The third-order valence-electron chi connectivity index (χ3n) is 3.27. The van der Waals surface area contributed by atoms with Gasteiger partial charge in [0.1, 0.15) is 0 Å². The molecule has 0 aromatic carbocycles. The number of rotatable bonds is 1. The second-order valence-corrected chi connectivity index (χ2v) is 5.10. The lowest BCUT2D eigenvalue weighted by Crippen LogP contribution is -2.33. The zero-order valence-electron chi connectivity index (χ0n) is 7.86. The summed E-state index contributed by atoms with van der Waals surface area (Å²) in [4.78, 5) is 11.1. The average Bonchev–Trinajstić information content (AvgIpc) is 2.80. The molecule has 2 aliphatic rings. The number of aromatic nitrogens is 2. The highest BCUT2D eigenvalue weighted by atomic mass is 79.9. The molecule has 2 bridgehead atoms. The van der Waals surface area contributed by atoms with Crippen molar-refractivity contribution in [1.29, 1.82) is 0 Å². The van der Waals surface area contributed by atoms with Crippen LogP contribution in [0.3, 0.4) is 0 Å². The van der Waals surface area contributed by atoms with Crippen molar-refractivity contribution in [1.82, 2.24) is 9.97 Å². The van der Waals surface area contributed by atoms with E-state index >= 15 is 0 Å². The fraction of sp³-hybridized carbons (Fsp3) is 0.600. The SMILES string of the molecule is Brc1cnc(N2CC3CCC2C3)nc1. The third-order valence-corrected chi connectivity index (χ3v) is 3.68. The zero-order valence-corrected chi connectivity index (χ0v) is 9.44. The van der Waals surface area contributed by atoms with Gasteiger partial charge < -0.3 is 4.90 Å². The van der Waals surface area contributed by atoms with Gasteiger partial charge in [-0.3, -0.25) is 0 Å². The molecule has 14 heavy (non-hydrogen) atoms. The maximum atomic E-state index is 4.35. The highest BCUT2D eigenvalue weighted by Crippen LogP contribution is 2.38.